The minimum atomic E-state index is -3.82. The number of aryl methyl sites for hydroxylation is 1. The second-order valence-electron chi connectivity index (χ2n) is 3.75. The van der Waals surface area contributed by atoms with Gasteiger partial charge in [0.2, 0.25) is 10.0 Å². The van der Waals surface area contributed by atoms with Crippen LogP contribution in [0.2, 0.25) is 0 Å². The van der Waals surface area contributed by atoms with E-state index in [1.54, 1.807) is 13.0 Å². The van der Waals surface area contributed by atoms with Gasteiger partial charge in [-0.2, -0.15) is 0 Å². The van der Waals surface area contributed by atoms with Crippen molar-refractivity contribution in [1.82, 2.24) is 0 Å². The molecular formula is C12H14BrNO3S. The van der Waals surface area contributed by atoms with Crippen LogP contribution in [-0.2, 0) is 10.0 Å². The first-order valence-corrected chi connectivity index (χ1v) is 7.59. The van der Waals surface area contributed by atoms with Gasteiger partial charge in [0.1, 0.15) is 10.6 Å². The third-order valence-electron chi connectivity index (χ3n) is 2.22. The summed E-state index contributed by atoms with van der Waals surface area (Å²) in [5.41, 5.74) is 0.703. The van der Waals surface area contributed by atoms with Crippen molar-refractivity contribution in [3.8, 4) is 18.1 Å². The number of ether oxygens (including phenoxy) is 1. The molecule has 0 saturated heterocycles. The molecule has 0 saturated carbocycles. The van der Waals surface area contributed by atoms with E-state index in [0.717, 1.165) is 0 Å². The summed E-state index contributed by atoms with van der Waals surface area (Å²) in [5.74, 6) is 2.78. The van der Waals surface area contributed by atoms with Gasteiger partial charge in [-0.05, 0) is 31.0 Å². The number of sulfonamides is 1. The maximum absolute atomic E-state index is 11.5. The van der Waals surface area contributed by atoms with Crippen LogP contribution in [0.3, 0.4) is 0 Å². The van der Waals surface area contributed by atoms with E-state index in [1.807, 2.05) is 0 Å². The molecule has 2 N–H and O–H groups in total. The molecule has 0 radical (unpaired) electrons. The molecule has 0 heterocycles. The molecular weight excluding hydrogens is 318 g/mol. The molecule has 1 aromatic carbocycles. The lowest BCUT2D eigenvalue weighted by Gasteiger charge is -2.13. The van der Waals surface area contributed by atoms with Crippen LogP contribution in [0.5, 0.6) is 5.75 Å². The lowest BCUT2D eigenvalue weighted by atomic mass is 10.2. The third kappa shape index (κ3) is 4.02. The van der Waals surface area contributed by atoms with Gasteiger partial charge in [0.15, 0.2) is 0 Å². The zero-order valence-corrected chi connectivity index (χ0v) is 12.3. The van der Waals surface area contributed by atoms with Crippen molar-refractivity contribution >= 4 is 26.0 Å². The summed E-state index contributed by atoms with van der Waals surface area (Å²) < 4.78 is 29.1. The molecule has 0 spiro atoms. The summed E-state index contributed by atoms with van der Waals surface area (Å²) >= 11 is 3.23. The number of terminal acetylenes is 1. The molecule has 0 fully saturated rings. The monoisotopic (exact) mass is 331 g/mol. The Hall–Kier alpha value is -1.03. The molecule has 98 valence electrons. The van der Waals surface area contributed by atoms with Crippen LogP contribution in [-0.4, -0.2) is 15.0 Å². The molecule has 0 aliphatic carbocycles. The number of unbranched alkanes of at least 4 members (excludes halogenated alkanes) is 1. The van der Waals surface area contributed by atoms with E-state index in [9.17, 15) is 8.42 Å². The fraction of sp³-hybridized carbons (Fsp3) is 0.333. The molecule has 0 bridgehead atoms. The molecule has 18 heavy (non-hydrogen) atoms. The van der Waals surface area contributed by atoms with E-state index >= 15 is 0 Å². The number of rotatable bonds is 5. The average Bonchev–Trinajstić information content (AvgIpc) is 2.24. The number of benzene rings is 1. The lowest BCUT2D eigenvalue weighted by Crippen LogP contribution is -2.15. The normalized spacial score (nSPS) is 11.0. The molecule has 1 rings (SSSR count). The fourth-order valence-electron chi connectivity index (χ4n) is 1.44. The standard InChI is InChI=1S/C12H14BrNO3S/c1-3-4-5-6-17-12-9(2)7-10(13)8-11(12)18(14,15)16/h1,7-8H,4-6H2,2H3,(H2,14,15,16). The van der Waals surface area contributed by atoms with Crippen molar-refractivity contribution < 1.29 is 13.2 Å². The zero-order valence-electron chi connectivity index (χ0n) is 9.94. The van der Waals surface area contributed by atoms with Crippen LogP contribution in [0.15, 0.2) is 21.5 Å². The minimum Gasteiger partial charge on any atom is -0.492 e. The van der Waals surface area contributed by atoms with E-state index < -0.39 is 10.0 Å². The first kappa shape index (κ1) is 15.0. The predicted molar refractivity (Wildman–Crippen MR) is 73.8 cm³/mol. The third-order valence-corrected chi connectivity index (χ3v) is 3.60. The molecule has 0 aliphatic rings. The zero-order chi connectivity index (χ0) is 13.8. The minimum absolute atomic E-state index is 0.0184. The topological polar surface area (TPSA) is 69.4 Å². The second-order valence-corrected chi connectivity index (χ2v) is 6.20. The number of hydrogen-bond donors (Lipinski definition) is 1. The van der Waals surface area contributed by atoms with Gasteiger partial charge in [-0.1, -0.05) is 15.9 Å². The van der Waals surface area contributed by atoms with Gasteiger partial charge in [-0.3, -0.25) is 0 Å². The Balaban J connectivity index is 3.06. The van der Waals surface area contributed by atoms with E-state index in [1.165, 1.54) is 6.07 Å². The number of nitrogens with two attached hydrogens (primary N) is 1. The number of halogens is 1. The summed E-state index contributed by atoms with van der Waals surface area (Å²) in [5, 5.41) is 5.16. The van der Waals surface area contributed by atoms with Crippen molar-refractivity contribution in [2.24, 2.45) is 5.14 Å². The van der Waals surface area contributed by atoms with E-state index in [4.69, 9.17) is 16.3 Å². The molecule has 6 heteroatoms. The summed E-state index contributed by atoms with van der Waals surface area (Å²) in [7, 11) is -3.82. The first-order chi connectivity index (χ1) is 8.36. The van der Waals surface area contributed by atoms with Crippen molar-refractivity contribution in [2.75, 3.05) is 6.61 Å². The van der Waals surface area contributed by atoms with Gasteiger partial charge < -0.3 is 4.74 Å². The van der Waals surface area contributed by atoms with Gasteiger partial charge in [0.05, 0.1) is 6.61 Å². The van der Waals surface area contributed by atoms with Gasteiger partial charge in [-0.15, -0.1) is 12.3 Å². The maximum Gasteiger partial charge on any atom is 0.241 e. The number of primary sulfonamides is 1. The van der Waals surface area contributed by atoms with Crippen LogP contribution in [0, 0.1) is 19.3 Å². The Morgan fingerprint density at radius 1 is 1.50 bits per heavy atom. The second kappa shape index (κ2) is 6.23. The Kier molecular flexibility index (Phi) is 5.20. The molecule has 1 aromatic rings. The van der Waals surface area contributed by atoms with Crippen LogP contribution in [0.25, 0.3) is 0 Å². The smallest absolute Gasteiger partial charge is 0.241 e. The van der Waals surface area contributed by atoms with Crippen LogP contribution < -0.4 is 9.88 Å². The van der Waals surface area contributed by atoms with Gasteiger partial charge >= 0.3 is 0 Å². The van der Waals surface area contributed by atoms with Gasteiger partial charge in [-0.25, -0.2) is 13.6 Å². The lowest BCUT2D eigenvalue weighted by molar-refractivity contribution is 0.303. The highest BCUT2D eigenvalue weighted by molar-refractivity contribution is 9.10. The highest BCUT2D eigenvalue weighted by atomic mass is 79.9. The summed E-state index contributed by atoms with van der Waals surface area (Å²) in [6.07, 6.45) is 6.38. The van der Waals surface area contributed by atoms with E-state index in [-0.39, 0.29) is 10.6 Å². The van der Waals surface area contributed by atoms with Crippen LogP contribution >= 0.6 is 15.9 Å². The Morgan fingerprint density at radius 2 is 2.17 bits per heavy atom. The maximum atomic E-state index is 11.5. The molecule has 0 amide bonds. The van der Waals surface area contributed by atoms with E-state index in [0.29, 0.717) is 29.5 Å². The van der Waals surface area contributed by atoms with Crippen molar-refractivity contribution in [1.29, 1.82) is 0 Å². The SMILES string of the molecule is C#CCCCOc1c(C)cc(Br)cc1S(N)(=O)=O. The quantitative estimate of drug-likeness (QED) is 0.664. The van der Waals surface area contributed by atoms with Gasteiger partial charge in [0.25, 0.3) is 0 Å². The Labute approximate surface area is 116 Å². The molecule has 0 aromatic heterocycles. The number of hydrogen-bond acceptors (Lipinski definition) is 3. The molecule has 0 unspecified atom stereocenters. The van der Waals surface area contributed by atoms with Gasteiger partial charge in [0, 0.05) is 10.9 Å². The molecule has 0 atom stereocenters. The largest absolute Gasteiger partial charge is 0.492 e. The first-order valence-electron chi connectivity index (χ1n) is 5.25. The fourth-order valence-corrected chi connectivity index (χ4v) is 2.94. The predicted octanol–water partition coefficient (Wildman–Crippen LogP) is 2.20. The van der Waals surface area contributed by atoms with Crippen molar-refractivity contribution in [2.45, 2.75) is 24.7 Å². The van der Waals surface area contributed by atoms with E-state index in [2.05, 4.69) is 21.9 Å². The summed E-state index contributed by atoms with van der Waals surface area (Å²) in [6.45, 7) is 2.12. The highest BCUT2D eigenvalue weighted by Gasteiger charge is 2.18. The highest BCUT2D eigenvalue weighted by Crippen LogP contribution is 2.31. The molecule has 0 aliphatic heterocycles. The van der Waals surface area contributed by atoms with Crippen LogP contribution in [0.4, 0.5) is 0 Å². The Morgan fingerprint density at radius 3 is 2.72 bits per heavy atom. The van der Waals surface area contributed by atoms with Crippen LogP contribution in [0.1, 0.15) is 18.4 Å². The average molecular weight is 332 g/mol. The summed E-state index contributed by atoms with van der Waals surface area (Å²) in [6, 6.07) is 3.20. The summed E-state index contributed by atoms with van der Waals surface area (Å²) in [4.78, 5) is -0.0184. The van der Waals surface area contributed by atoms with Crippen molar-refractivity contribution in [3.05, 3.63) is 22.2 Å². The molecule has 4 nitrogen and oxygen atoms in total. The Bertz CT molecular complexity index is 576. The van der Waals surface area contributed by atoms with Crippen molar-refractivity contribution in [3.63, 3.8) is 0 Å².